The number of benzene rings is 2. The highest BCUT2D eigenvalue weighted by molar-refractivity contribution is 6.10. The van der Waals surface area contributed by atoms with Crippen molar-refractivity contribution in [3.8, 4) is 0 Å². The maximum atomic E-state index is 12.8. The highest BCUT2D eigenvalue weighted by atomic mass is 16.2. The van der Waals surface area contributed by atoms with Gasteiger partial charge in [-0.1, -0.05) is 49.4 Å². The first kappa shape index (κ1) is 17.7. The zero-order chi connectivity index (χ0) is 18.7. The van der Waals surface area contributed by atoms with Crippen molar-refractivity contribution in [2.24, 2.45) is 0 Å². The van der Waals surface area contributed by atoms with Crippen molar-refractivity contribution in [2.75, 3.05) is 11.9 Å². The standard InChI is InChI=1S/C20H21N3O3/c1-3-14-8-7-11-16(12-14)21-17(24)13-23-18(25)20(2,22-19(23)26)15-9-5-4-6-10-15/h4-12H,3,13H2,1-2H3,(H,21,24)(H,22,26)/t20-/m0/s1. The predicted octanol–water partition coefficient (Wildman–Crippen LogP) is 2.65. The molecular formula is C20H21N3O3. The maximum absolute atomic E-state index is 12.8. The van der Waals surface area contributed by atoms with Crippen LogP contribution in [0.4, 0.5) is 10.5 Å². The Hall–Kier alpha value is -3.15. The van der Waals surface area contributed by atoms with Crippen LogP contribution in [0.25, 0.3) is 0 Å². The largest absolute Gasteiger partial charge is 0.325 e. The van der Waals surface area contributed by atoms with E-state index in [2.05, 4.69) is 10.6 Å². The Morgan fingerprint density at radius 2 is 1.85 bits per heavy atom. The molecule has 0 radical (unpaired) electrons. The monoisotopic (exact) mass is 351 g/mol. The summed E-state index contributed by atoms with van der Waals surface area (Å²) in [5, 5.41) is 5.43. The first-order valence-electron chi connectivity index (χ1n) is 8.52. The highest BCUT2D eigenvalue weighted by Crippen LogP contribution is 2.28. The third-order valence-corrected chi connectivity index (χ3v) is 4.55. The first-order chi connectivity index (χ1) is 12.4. The van der Waals surface area contributed by atoms with Gasteiger partial charge in [0.05, 0.1) is 0 Å². The number of nitrogens with one attached hydrogen (secondary N) is 2. The topological polar surface area (TPSA) is 78.5 Å². The van der Waals surface area contributed by atoms with Crippen LogP contribution in [0.1, 0.15) is 25.0 Å². The van der Waals surface area contributed by atoms with Gasteiger partial charge in [0.1, 0.15) is 12.1 Å². The molecule has 0 saturated carbocycles. The van der Waals surface area contributed by atoms with Crippen LogP contribution in [0.2, 0.25) is 0 Å². The van der Waals surface area contributed by atoms with Crippen molar-refractivity contribution in [1.82, 2.24) is 10.2 Å². The van der Waals surface area contributed by atoms with E-state index in [0.29, 0.717) is 11.3 Å². The molecule has 4 amide bonds. The minimum atomic E-state index is -1.17. The lowest BCUT2D eigenvalue weighted by molar-refractivity contribution is -0.133. The SMILES string of the molecule is CCc1cccc(NC(=O)CN2C(=O)N[C@@](C)(c3ccccc3)C2=O)c1. The Bertz CT molecular complexity index is 850. The Morgan fingerprint density at radius 1 is 1.12 bits per heavy atom. The average molecular weight is 351 g/mol. The first-order valence-corrected chi connectivity index (χ1v) is 8.52. The number of urea groups is 1. The second-order valence-corrected chi connectivity index (χ2v) is 6.41. The van der Waals surface area contributed by atoms with Crippen molar-refractivity contribution in [2.45, 2.75) is 25.8 Å². The van der Waals surface area contributed by atoms with Gasteiger partial charge in [-0.05, 0) is 36.6 Å². The third kappa shape index (κ3) is 3.31. The fraction of sp³-hybridized carbons (Fsp3) is 0.250. The Morgan fingerprint density at radius 3 is 2.54 bits per heavy atom. The van der Waals surface area contributed by atoms with Crippen LogP contribution in [0.3, 0.4) is 0 Å². The molecule has 26 heavy (non-hydrogen) atoms. The molecule has 1 atom stereocenters. The van der Waals surface area contributed by atoms with Crippen LogP contribution in [0, 0.1) is 0 Å². The lowest BCUT2D eigenvalue weighted by Crippen LogP contribution is -2.42. The number of amides is 4. The molecule has 134 valence electrons. The number of nitrogens with zero attached hydrogens (tertiary/aromatic N) is 1. The second-order valence-electron chi connectivity index (χ2n) is 6.41. The van der Waals surface area contributed by atoms with E-state index in [1.165, 1.54) is 0 Å². The molecule has 0 bridgehead atoms. The summed E-state index contributed by atoms with van der Waals surface area (Å²) in [4.78, 5) is 38.3. The van der Waals surface area contributed by atoms with Gasteiger partial charge in [-0.2, -0.15) is 0 Å². The number of hydrogen-bond donors (Lipinski definition) is 2. The van der Waals surface area contributed by atoms with Crippen molar-refractivity contribution < 1.29 is 14.4 Å². The summed E-state index contributed by atoms with van der Waals surface area (Å²) in [5.41, 5.74) is 1.25. The molecule has 0 spiro atoms. The molecule has 6 nitrogen and oxygen atoms in total. The van der Waals surface area contributed by atoms with Crippen LogP contribution < -0.4 is 10.6 Å². The lowest BCUT2D eigenvalue weighted by atomic mass is 9.92. The summed E-state index contributed by atoms with van der Waals surface area (Å²) in [5.74, 6) is -0.856. The molecule has 6 heteroatoms. The van der Waals surface area contributed by atoms with Crippen LogP contribution in [-0.4, -0.2) is 29.3 Å². The van der Waals surface area contributed by atoms with Crippen molar-refractivity contribution in [3.63, 3.8) is 0 Å². The molecule has 1 aliphatic heterocycles. The minimum Gasteiger partial charge on any atom is -0.325 e. The number of rotatable bonds is 5. The fourth-order valence-corrected chi connectivity index (χ4v) is 3.02. The quantitative estimate of drug-likeness (QED) is 0.813. The average Bonchev–Trinajstić information content (AvgIpc) is 2.87. The van der Waals surface area contributed by atoms with E-state index < -0.39 is 23.4 Å². The molecule has 1 saturated heterocycles. The molecule has 1 fully saturated rings. The summed E-state index contributed by atoms with van der Waals surface area (Å²) in [6.45, 7) is 3.34. The highest BCUT2D eigenvalue weighted by Gasteiger charge is 2.49. The molecule has 0 unspecified atom stereocenters. The molecule has 2 N–H and O–H groups in total. The van der Waals surface area contributed by atoms with Gasteiger partial charge < -0.3 is 10.6 Å². The van der Waals surface area contributed by atoms with Gasteiger partial charge in [-0.3, -0.25) is 14.5 Å². The predicted molar refractivity (Wildman–Crippen MR) is 98.5 cm³/mol. The van der Waals surface area contributed by atoms with Gasteiger partial charge in [0.25, 0.3) is 5.91 Å². The van der Waals surface area contributed by atoms with Crippen LogP contribution >= 0.6 is 0 Å². The van der Waals surface area contributed by atoms with Crippen molar-refractivity contribution >= 4 is 23.5 Å². The van der Waals surface area contributed by atoms with E-state index in [0.717, 1.165) is 16.9 Å². The number of aryl methyl sites for hydroxylation is 1. The molecule has 0 aliphatic carbocycles. The summed E-state index contributed by atoms with van der Waals surface area (Å²) < 4.78 is 0. The van der Waals surface area contributed by atoms with E-state index >= 15 is 0 Å². The van der Waals surface area contributed by atoms with Crippen LogP contribution in [0.5, 0.6) is 0 Å². The summed E-state index contributed by atoms with van der Waals surface area (Å²) in [6.07, 6.45) is 0.853. The van der Waals surface area contributed by atoms with Gasteiger partial charge in [0.2, 0.25) is 5.91 Å². The van der Waals surface area contributed by atoms with Gasteiger partial charge in [0.15, 0.2) is 0 Å². The van der Waals surface area contributed by atoms with E-state index in [1.54, 1.807) is 37.3 Å². The molecule has 2 aromatic rings. The third-order valence-electron chi connectivity index (χ3n) is 4.55. The van der Waals surface area contributed by atoms with Gasteiger partial charge >= 0.3 is 6.03 Å². The fourth-order valence-electron chi connectivity index (χ4n) is 3.02. The van der Waals surface area contributed by atoms with Crippen molar-refractivity contribution in [3.05, 3.63) is 65.7 Å². The van der Waals surface area contributed by atoms with Gasteiger partial charge in [-0.25, -0.2) is 4.79 Å². The van der Waals surface area contributed by atoms with E-state index in [9.17, 15) is 14.4 Å². The number of imide groups is 1. The van der Waals surface area contributed by atoms with Gasteiger partial charge in [0, 0.05) is 5.69 Å². The van der Waals surface area contributed by atoms with E-state index in [1.807, 2.05) is 31.2 Å². The number of hydrogen-bond acceptors (Lipinski definition) is 3. The summed E-state index contributed by atoms with van der Waals surface area (Å²) in [6, 6.07) is 15.9. The Balaban J connectivity index is 1.72. The number of carbonyl (C=O) groups excluding carboxylic acids is 3. The second kappa shape index (κ2) is 7.00. The minimum absolute atomic E-state index is 0.330. The Labute approximate surface area is 152 Å². The molecule has 1 aliphatic rings. The maximum Gasteiger partial charge on any atom is 0.325 e. The zero-order valence-electron chi connectivity index (χ0n) is 14.8. The molecule has 2 aromatic carbocycles. The normalized spacial score (nSPS) is 19.4. The zero-order valence-corrected chi connectivity index (χ0v) is 14.8. The molecular weight excluding hydrogens is 330 g/mol. The molecule has 3 rings (SSSR count). The van der Waals surface area contributed by atoms with E-state index in [-0.39, 0.29) is 6.54 Å². The van der Waals surface area contributed by atoms with Crippen LogP contribution in [0.15, 0.2) is 54.6 Å². The molecule has 1 heterocycles. The summed E-state index contributed by atoms with van der Waals surface area (Å²) >= 11 is 0. The van der Waals surface area contributed by atoms with Crippen LogP contribution in [-0.2, 0) is 21.5 Å². The summed E-state index contributed by atoms with van der Waals surface area (Å²) in [7, 11) is 0. The number of anilines is 1. The van der Waals surface area contributed by atoms with Gasteiger partial charge in [-0.15, -0.1) is 0 Å². The lowest BCUT2D eigenvalue weighted by Gasteiger charge is -2.22. The van der Waals surface area contributed by atoms with E-state index in [4.69, 9.17) is 0 Å². The Kier molecular flexibility index (Phi) is 4.75. The molecule has 0 aromatic heterocycles. The van der Waals surface area contributed by atoms with Crippen molar-refractivity contribution in [1.29, 1.82) is 0 Å². The number of carbonyl (C=O) groups is 3. The smallest absolute Gasteiger partial charge is 0.325 e.